The summed E-state index contributed by atoms with van der Waals surface area (Å²) in [7, 11) is 1.62. The SMILES string of the molecule is COc1cc(N)cc(-c2ccc3c(c2)OCO3)c1. The molecular formula is C14H13NO3. The summed E-state index contributed by atoms with van der Waals surface area (Å²) in [6.45, 7) is 0.277. The number of nitrogens with two attached hydrogens (primary N) is 1. The largest absolute Gasteiger partial charge is 0.497 e. The van der Waals surface area contributed by atoms with Crippen LogP contribution in [0.1, 0.15) is 0 Å². The molecule has 0 saturated heterocycles. The van der Waals surface area contributed by atoms with Crippen molar-refractivity contribution in [2.45, 2.75) is 0 Å². The minimum absolute atomic E-state index is 0.277. The highest BCUT2D eigenvalue weighted by Gasteiger charge is 2.14. The van der Waals surface area contributed by atoms with Crippen molar-refractivity contribution >= 4 is 5.69 Å². The van der Waals surface area contributed by atoms with Crippen LogP contribution in [0.15, 0.2) is 36.4 Å². The Balaban J connectivity index is 2.06. The first kappa shape index (κ1) is 10.8. The van der Waals surface area contributed by atoms with E-state index in [0.717, 1.165) is 28.4 Å². The highest BCUT2D eigenvalue weighted by atomic mass is 16.7. The Morgan fingerprint density at radius 1 is 1.00 bits per heavy atom. The van der Waals surface area contributed by atoms with E-state index in [2.05, 4.69) is 0 Å². The van der Waals surface area contributed by atoms with E-state index in [1.165, 1.54) is 0 Å². The van der Waals surface area contributed by atoms with Crippen LogP contribution in [0.2, 0.25) is 0 Å². The topological polar surface area (TPSA) is 53.7 Å². The second-order valence-corrected chi connectivity index (χ2v) is 4.06. The molecule has 0 saturated carbocycles. The van der Waals surface area contributed by atoms with E-state index in [1.807, 2.05) is 30.3 Å². The third kappa shape index (κ3) is 1.82. The molecule has 0 aromatic heterocycles. The second kappa shape index (κ2) is 4.14. The fourth-order valence-corrected chi connectivity index (χ4v) is 1.98. The van der Waals surface area contributed by atoms with Crippen LogP contribution in [0.3, 0.4) is 0 Å². The van der Waals surface area contributed by atoms with Crippen LogP contribution in [0, 0.1) is 0 Å². The fraction of sp³-hybridized carbons (Fsp3) is 0.143. The zero-order valence-electron chi connectivity index (χ0n) is 9.97. The molecule has 1 aliphatic heterocycles. The molecule has 0 bridgehead atoms. The first-order valence-electron chi connectivity index (χ1n) is 5.61. The summed E-state index contributed by atoms with van der Waals surface area (Å²) in [6, 6.07) is 11.4. The zero-order valence-corrected chi connectivity index (χ0v) is 9.97. The average molecular weight is 243 g/mol. The van der Waals surface area contributed by atoms with Gasteiger partial charge in [0, 0.05) is 11.8 Å². The summed E-state index contributed by atoms with van der Waals surface area (Å²) >= 11 is 0. The van der Waals surface area contributed by atoms with Crippen molar-refractivity contribution in [2.24, 2.45) is 0 Å². The number of methoxy groups -OCH3 is 1. The van der Waals surface area contributed by atoms with Crippen molar-refractivity contribution in [3.05, 3.63) is 36.4 Å². The van der Waals surface area contributed by atoms with Gasteiger partial charge in [-0.15, -0.1) is 0 Å². The van der Waals surface area contributed by atoms with Crippen molar-refractivity contribution in [3.63, 3.8) is 0 Å². The van der Waals surface area contributed by atoms with Crippen molar-refractivity contribution in [1.29, 1.82) is 0 Å². The summed E-state index contributed by atoms with van der Waals surface area (Å²) < 4.78 is 15.9. The lowest BCUT2D eigenvalue weighted by atomic mass is 10.0. The predicted octanol–water partition coefficient (Wildman–Crippen LogP) is 2.67. The standard InChI is InChI=1S/C14H13NO3/c1-16-12-5-10(4-11(15)7-12)9-2-3-13-14(6-9)18-8-17-13/h2-7H,8,15H2,1H3. The molecule has 2 N–H and O–H groups in total. The lowest BCUT2D eigenvalue weighted by molar-refractivity contribution is 0.174. The van der Waals surface area contributed by atoms with E-state index in [1.54, 1.807) is 13.2 Å². The van der Waals surface area contributed by atoms with Gasteiger partial charge in [0.2, 0.25) is 6.79 Å². The van der Waals surface area contributed by atoms with Crippen LogP contribution in [-0.4, -0.2) is 13.9 Å². The van der Waals surface area contributed by atoms with Crippen LogP contribution in [0.25, 0.3) is 11.1 Å². The zero-order chi connectivity index (χ0) is 12.5. The molecule has 4 nitrogen and oxygen atoms in total. The molecule has 4 heteroatoms. The molecule has 1 heterocycles. The molecule has 0 amide bonds. The minimum Gasteiger partial charge on any atom is -0.497 e. The van der Waals surface area contributed by atoms with Gasteiger partial charge in [0.1, 0.15) is 5.75 Å². The predicted molar refractivity (Wildman–Crippen MR) is 69.0 cm³/mol. The Morgan fingerprint density at radius 3 is 2.67 bits per heavy atom. The number of fused-ring (bicyclic) bond motifs is 1. The van der Waals surface area contributed by atoms with Gasteiger partial charge in [0.25, 0.3) is 0 Å². The molecule has 2 aromatic rings. The molecule has 0 atom stereocenters. The number of anilines is 1. The minimum atomic E-state index is 0.277. The lowest BCUT2D eigenvalue weighted by Gasteiger charge is -2.07. The Morgan fingerprint density at radius 2 is 1.83 bits per heavy atom. The van der Waals surface area contributed by atoms with Crippen LogP contribution in [0.5, 0.6) is 17.2 Å². The van der Waals surface area contributed by atoms with Gasteiger partial charge in [0.05, 0.1) is 7.11 Å². The maximum atomic E-state index is 5.85. The molecule has 1 aliphatic rings. The van der Waals surface area contributed by atoms with Crippen LogP contribution in [0.4, 0.5) is 5.69 Å². The van der Waals surface area contributed by atoms with Crippen LogP contribution in [-0.2, 0) is 0 Å². The third-order valence-corrected chi connectivity index (χ3v) is 2.87. The molecule has 0 aliphatic carbocycles. The Labute approximate surface area is 105 Å². The summed E-state index contributed by atoms with van der Waals surface area (Å²) in [5, 5.41) is 0. The highest BCUT2D eigenvalue weighted by molar-refractivity contribution is 5.72. The maximum Gasteiger partial charge on any atom is 0.231 e. The van der Waals surface area contributed by atoms with Crippen molar-refractivity contribution < 1.29 is 14.2 Å². The van der Waals surface area contributed by atoms with Crippen LogP contribution >= 0.6 is 0 Å². The highest BCUT2D eigenvalue weighted by Crippen LogP contribution is 2.37. The molecule has 0 unspecified atom stereocenters. The Kier molecular flexibility index (Phi) is 2.48. The number of hydrogen-bond acceptors (Lipinski definition) is 4. The van der Waals surface area contributed by atoms with Gasteiger partial charge >= 0.3 is 0 Å². The molecule has 0 radical (unpaired) electrons. The van der Waals surface area contributed by atoms with Gasteiger partial charge in [-0.05, 0) is 35.4 Å². The number of hydrogen-bond donors (Lipinski definition) is 1. The van der Waals surface area contributed by atoms with E-state index in [0.29, 0.717) is 5.69 Å². The van der Waals surface area contributed by atoms with Gasteiger partial charge in [0.15, 0.2) is 11.5 Å². The summed E-state index contributed by atoms with van der Waals surface area (Å²) in [6.07, 6.45) is 0. The maximum absolute atomic E-state index is 5.85. The normalized spacial score (nSPS) is 12.5. The molecule has 18 heavy (non-hydrogen) atoms. The third-order valence-electron chi connectivity index (χ3n) is 2.87. The van der Waals surface area contributed by atoms with Crippen LogP contribution < -0.4 is 19.9 Å². The quantitative estimate of drug-likeness (QED) is 0.824. The van der Waals surface area contributed by atoms with Gasteiger partial charge in [-0.1, -0.05) is 6.07 Å². The fourth-order valence-electron chi connectivity index (χ4n) is 1.98. The van der Waals surface area contributed by atoms with E-state index in [9.17, 15) is 0 Å². The van der Waals surface area contributed by atoms with E-state index < -0.39 is 0 Å². The smallest absolute Gasteiger partial charge is 0.231 e. The van der Waals surface area contributed by atoms with Gasteiger partial charge in [-0.3, -0.25) is 0 Å². The monoisotopic (exact) mass is 243 g/mol. The molecule has 92 valence electrons. The number of nitrogen functional groups attached to an aromatic ring is 1. The molecule has 0 spiro atoms. The van der Waals surface area contributed by atoms with Gasteiger partial charge in [-0.25, -0.2) is 0 Å². The van der Waals surface area contributed by atoms with Gasteiger partial charge in [-0.2, -0.15) is 0 Å². The summed E-state index contributed by atoms with van der Waals surface area (Å²) in [4.78, 5) is 0. The summed E-state index contributed by atoms with van der Waals surface area (Å²) in [5.41, 5.74) is 8.53. The molecule has 0 fully saturated rings. The number of rotatable bonds is 2. The first-order chi connectivity index (χ1) is 8.76. The van der Waals surface area contributed by atoms with E-state index in [-0.39, 0.29) is 6.79 Å². The Hall–Kier alpha value is -2.36. The number of ether oxygens (including phenoxy) is 3. The first-order valence-corrected chi connectivity index (χ1v) is 5.61. The second-order valence-electron chi connectivity index (χ2n) is 4.06. The molecular weight excluding hydrogens is 230 g/mol. The number of benzene rings is 2. The Bertz CT molecular complexity index is 596. The average Bonchev–Trinajstić information content (AvgIpc) is 2.85. The van der Waals surface area contributed by atoms with Crippen molar-refractivity contribution in [2.75, 3.05) is 19.6 Å². The van der Waals surface area contributed by atoms with E-state index >= 15 is 0 Å². The summed E-state index contributed by atoms with van der Waals surface area (Å²) in [5.74, 6) is 2.27. The molecule has 3 rings (SSSR count). The lowest BCUT2D eigenvalue weighted by Crippen LogP contribution is -1.92. The molecule has 2 aromatic carbocycles. The van der Waals surface area contributed by atoms with Crippen molar-refractivity contribution in [1.82, 2.24) is 0 Å². The van der Waals surface area contributed by atoms with Gasteiger partial charge < -0.3 is 19.9 Å². The van der Waals surface area contributed by atoms with E-state index in [4.69, 9.17) is 19.9 Å². The van der Waals surface area contributed by atoms with Crippen molar-refractivity contribution in [3.8, 4) is 28.4 Å².